The SMILES string of the molecule is C=C(CN)CC(Cc1ccccc1)C(=C)O. The average Bonchev–Trinajstić information content (AvgIpc) is 2.29. The third-order valence-corrected chi connectivity index (χ3v) is 2.62. The van der Waals surface area contributed by atoms with Crippen LogP contribution in [0.2, 0.25) is 0 Å². The van der Waals surface area contributed by atoms with Gasteiger partial charge < -0.3 is 10.8 Å². The molecule has 86 valence electrons. The summed E-state index contributed by atoms with van der Waals surface area (Å²) in [6.07, 6.45) is 1.47. The molecule has 0 heterocycles. The standard InChI is InChI=1S/C14H19NO/c1-11(10-15)8-14(12(2)16)9-13-6-4-3-5-7-13/h3-7,14,16H,1-2,8-10,15H2. The van der Waals surface area contributed by atoms with Gasteiger partial charge in [0, 0.05) is 12.5 Å². The molecule has 0 radical (unpaired) electrons. The van der Waals surface area contributed by atoms with E-state index in [0.717, 1.165) is 12.0 Å². The first kappa shape index (κ1) is 12.5. The van der Waals surface area contributed by atoms with E-state index in [9.17, 15) is 5.11 Å². The summed E-state index contributed by atoms with van der Waals surface area (Å²) in [5.41, 5.74) is 7.63. The Bertz CT molecular complexity index is 356. The summed E-state index contributed by atoms with van der Waals surface area (Å²) >= 11 is 0. The summed E-state index contributed by atoms with van der Waals surface area (Å²) in [5, 5.41) is 9.54. The van der Waals surface area contributed by atoms with Crippen LogP contribution in [0, 0.1) is 5.92 Å². The van der Waals surface area contributed by atoms with Crippen LogP contribution < -0.4 is 5.73 Å². The smallest absolute Gasteiger partial charge is 0.0888 e. The lowest BCUT2D eigenvalue weighted by atomic mass is 9.92. The molecule has 1 unspecified atom stereocenters. The fourth-order valence-electron chi connectivity index (χ4n) is 1.64. The number of benzene rings is 1. The molecule has 0 aliphatic carbocycles. The van der Waals surface area contributed by atoms with Gasteiger partial charge in [-0.2, -0.15) is 0 Å². The molecule has 0 saturated carbocycles. The van der Waals surface area contributed by atoms with Gasteiger partial charge in [-0.25, -0.2) is 0 Å². The van der Waals surface area contributed by atoms with E-state index in [1.54, 1.807) is 0 Å². The zero-order valence-corrected chi connectivity index (χ0v) is 9.52. The fourth-order valence-corrected chi connectivity index (χ4v) is 1.64. The molecule has 1 aromatic carbocycles. The van der Waals surface area contributed by atoms with Crippen LogP contribution in [0.3, 0.4) is 0 Å². The Labute approximate surface area is 97.1 Å². The maximum absolute atomic E-state index is 9.54. The predicted molar refractivity (Wildman–Crippen MR) is 68.2 cm³/mol. The molecule has 16 heavy (non-hydrogen) atoms. The number of nitrogens with two attached hydrogens (primary N) is 1. The van der Waals surface area contributed by atoms with E-state index in [1.165, 1.54) is 5.56 Å². The Hall–Kier alpha value is -1.54. The maximum atomic E-state index is 9.54. The van der Waals surface area contributed by atoms with E-state index in [-0.39, 0.29) is 11.7 Å². The van der Waals surface area contributed by atoms with Crippen molar-refractivity contribution in [3.8, 4) is 0 Å². The summed E-state index contributed by atoms with van der Waals surface area (Å²) in [5.74, 6) is 0.219. The summed E-state index contributed by atoms with van der Waals surface area (Å²) in [4.78, 5) is 0. The van der Waals surface area contributed by atoms with Crippen molar-refractivity contribution in [1.82, 2.24) is 0 Å². The monoisotopic (exact) mass is 217 g/mol. The van der Waals surface area contributed by atoms with Gasteiger partial charge in [0.05, 0.1) is 5.76 Å². The Balaban J connectivity index is 2.65. The van der Waals surface area contributed by atoms with Gasteiger partial charge in [-0.05, 0) is 18.4 Å². The quantitative estimate of drug-likeness (QED) is 0.568. The second kappa shape index (κ2) is 6.13. The van der Waals surface area contributed by atoms with Crippen molar-refractivity contribution in [2.45, 2.75) is 12.8 Å². The first-order chi connectivity index (χ1) is 7.63. The predicted octanol–water partition coefficient (Wildman–Crippen LogP) is 2.82. The number of aliphatic hydroxyl groups is 1. The molecule has 2 nitrogen and oxygen atoms in total. The lowest BCUT2D eigenvalue weighted by Gasteiger charge is -2.16. The highest BCUT2D eigenvalue weighted by molar-refractivity contribution is 5.18. The zero-order valence-electron chi connectivity index (χ0n) is 9.52. The fraction of sp³-hybridized carbons (Fsp3) is 0.286. The van der Waals surface area contributed by atoms with Crippen LogP contribution in [0.1, 0.15) is 12.0 Å². The minimum Gasteiger partial charge on any atom is -0.513 e. The van der Waals surface area contributed by atoms with Gasteiger partial charge in [0.2, 0.25) is 0 Å². The second-order valence-corrected chi connectivity index (χ2v) is 4.04. The molecule has 0 aromatic heterocycles. The van der Waals surface area contributed by atoms with Crippen molar-refractivity contribution in [3.05, 3.63) is 60.4 Å². The molecule has 0 aliphatic rings. The van der Waals surface area contributed by atoms with Gasteiger partial charge in [0.1, 0.15) is 0 Å². The molecular formula is C14H19NO. The first-order valence-corrected chi connectivity index (χ1v) is 5.42. The van der Waals surface area contributed by atoms with E-state index in [4.69, 9.17) is 5.73 Å². The third-order valence-electron chi connectivity index (χ3n) is 2.62. The summed E-state index contributed by atoms with van der Waals surface area (Å²) in [7, 11) is 0. The molecule has 3 N–H and O–H groups in total. The highest BCUT2D eigenvalue weighted by atomic mass is 16.3. The molecule has 0 aliphatic heterocycles. The lowest BCUT2D eigenvalue weighted by Crippen LogP contribution is -2.12. The molecule has 0 spiro atoms. The Kier molecular flexibility index (Phi) is 4.80. The van der Waals surface area contributed by atoms with Gasteiger partial charge in [-0.15, -0.1) is 0 Å². The van der Waals surface area contributed by atoms with E-state index >= 15 is 0 Å². The highest BCUT2D eigenvalue weighted by Gasteiger charge is 2.13. The summed E-state index contributed by atoms with van der Waals surface area (Å²) in [6, 6.07) is 10.0. The maximum Gasteiger partial charge on any atom is 0.0888 e. The van der Waals surface area contributed by atoms with Crippen molar-refractivity contribution < 1.29 is 5.11 Å². The van der Waals surface area contributed by atoms with Crippen LogP contribution in [-0.2, 0) is 6.42 Å². The normalized spacial score (nSPS) is 12.1. The van der Waals surface area contributed by atoms with Crippen molar-refractivity contribution in [3.63, 3.8) is 0 Å². The van der Waals surface area contributed by atoms with Crippen LogP contribution in [-0.4, -0.2) is 11.7 Å². The van der Waals surface area contributed by atoms with Crippen LogP contribution in [0.4, 0.5) is 0 Å². The molecule has 0 amide bonds. The van der Waals surface area contributed by atoms with E-state index in [1.807, 2.05) is 30.3 Å². The third kappa shape index (κ3) is 3.91. The number of hydrogen-bond acceptors (Lipinski definition) is 2. The van der Waals surface area contributed by atoms with E-state index in [0.29, 0.717) is 13.0 Å². The Morgan fingerprint density at radius 3 is 2.38 bits per heavy atom. The largest absolute Gasteiger partial charge is 0.513 e. The molecule has 1 aromatic rings. The minimum absolute atomic E-state index is 0.0125. The number of allylic oxidation sites excluding steroid dienone is 1. The molecule has 0 bridgehead atoms. The van der Waals surface area contributed by atoms with E-state index in [2.05, 4.69) is 13.2 Å². The second-order valence-electron chi connectivity index (χ2n) is 4.04. The Morgan fingerprint density at radius 2 is 1.88 bits per heavy atom. The van der Waals surface area contributed by atoms with Gasteiger partial charge in [-0.1, -0.05) is 49.1 Å². The van der Waals surface area contributed by atoms with Gasteiger partial charge >= 0.3 is 0 Å². The summed E-state index contributed by atoms with van der Waals surface area (Å²) < 4.78 is 0. The van der Waals surface area contributed by atoms with Crippen molar-refractivity contribution >= 4 is 0 Å². The molecule has 0 saturated heterocycles. The van der Waals surface area contributed by atoms with Crippen molar-refractivity contribution in [1.29, 1.82) is 0 Å². The molecule has 1 atom stereocenters. The topological polar surface area (TPSA) is 46.2 Å². The van der Waals surface area contributed by atoms with Gasteiger partial charge in [-0.3, -0.25) is 0 Å². The average molecular weight is 217 g/mol. The van der Waals surface area contributed by atoms with Crippen molar-refractivity contribution in [2.24, 2.45) is 11.7 Å². The van der Waals surface area contributed by atoms with E-state index < -0.39 is 0 Å². The first-order valence-electron chi connectivity index (χ1n) is 5.42. The molecule has 2 heteroatoms. The lowest BCUT2D eigenvalue weighted by molar-refractivity contribution is 0.328. The Morgan fingerprint density at radius 1 is 1.25 bits per heavy atom. The highest BCUT2D eigenvalue weighted by Crippen LogP contribution is 2.20. The minimum atomic E-state index is 0.0125. The van der Waals surface area contributed by atoms with Crippen molar-refractivity contribution in [2.75, 3.05) is 6.54 Å². The number of rotatable bonds is 6. The zero-order chi connectivity index (χ0) is 12.0. The number of hydrogen-bond donors (Lipinski definition) is 2. The van der Waals surface area contributed by atoms with Gasteiger partial charge in [0.15, 0.2) is 0 Å². The van der Waals surface area contributed by atoms with Crippen LogP contribution in [0.5, 0.6) is 0 Å². The van der Waals surface area contributed by atoms with Crippen LogP contribution >= 0.6 is 0 Å². The molecular weight excluding hydrogens is 198 g/mol. The molecule has 1 rings (SSSR count). The van der Waals surface area contributed by atoms with Crippen LogP contribution in [0.25, 0.3) is 0 Å². The van der Waals surface area contributed by atoms with Crippen LogP contribution in [0.15, 0.2) is 54.8 Å². The summed E-state index contributed by atoms with van der Waals surface area (Å²) in [6.45, 7) is 7.93. The number of aliphatic hydroxyl groups excluding tert-OH is 1. The molecule has 0 fully saturated rings. The van der Waals surface area contributed by atoms with Gasteiger partial charge in [0.25, 0.3) is 0 Å².